The lowest BCUT2D eigenvalue weighted by molar-refractivity contribution is -0.123. The van der Waals surface area contributed by atoms with Gasteiger partial charge in [0.25, 0.3) is 5.91 Å². The monoisotopic (exact) mass is 341 g/mol. The minimum absolute atomic E-state index is 0.0381. The highest BCUT2D eigenvalue weighted by atomic mass is 16.5. The van der Waals surface area contributed by atoms with E-state index in [1.54, 1.807) is 7.11 Å². The van der Waals surface area contributed by atoms with Gasteiger partial charge in [0, 0.05) is 12.5 Å². The Morgan fingerprint density at radius 2 is 2.08 bits per heavy atom. The van der Waals surface area contributed by atoms with Crippen LogP contribution >= 0.6 is 0 Å². The molecule has 1 N–H and O–H groups in total. The molecule has 0 radical (unpaired) electrons. The number of para-hydroxylation sites is 1. The summed E-state index contributed by atoms with van der Waals surface area (Å²) in [5.41, 5.74) is 2.26. The Hall–Kier alpha value is -2.69. The molecule has 0 saturated heterocycles. The summed E-state index contributed by atoms with van der Waals surface area (Å²) >= 11 is 0. The van der Waals surface area contributed by atoms with Crippen molar-refractivity contribution in [1.82, 2.24) is 5.32 Å². The van der Waals surface area contributed by atoms with E-state index in [0.29, 0.717) is 24.7 Å². The minimum Gasteiger partial charge on any atom is -0.493 e. The average molecular weight is 341 g/mol. The Bertz CT molecular complexity index is 744. The van der Waals surface area contributed by atoms with Crippen LogP contribution in [0.4, 0.5) is 0 Å². The van der Waals surface area contributed by atoms with Crippen LogP contribution in [-0.2, 0) is 11.2 Å². The summed E-state index contributed by atoms with van der Waals surface area (Å²) in [5, 5.41) is 2.92. The Balaban J connectivity index is 1.46. The van der Waals surface area contributed by atoms with Crippen molar-refractivity contribution >= 4 is 5.91 Å². The van der Waals surface area contributed by atoms with E-state index < -0.39 is 0 Å². The van der Waals surface area contributed by atoms with E-state index >= 15 is 0 Å². The van der Waals surface area contributed by atoms with Gasteiger partial charge in [0.1, 0.15) is 5.75 Å². The molecule has 1 atom stereocenters. The molecule has 1 heterocycles. The van der Waals surface area contributed by atoms with Gasteiger partial charge in [0.05, 0.1) is 13.7 Å². The molecule has 1 amide bonds. The molecule has 1 aliphatic rings. The highest BCUT2D eigenvalue weighted by Gasteiger charge is 2.20. The van der Waals surface area contributed by atoms with Crippen LogP contribution in [0.2, 0.25) is 0 Å². The van der Waals surface area contributed by atoms with Crippen molar-refractivity contribution < 1.29 is 19.0 Å². The molecule has 2 aromatic rings. The van der Waals surface area contributed by atoms with Gasteiger partial charge >= 0.3 is 0 Å². The smallest absolute Gasteiger partial charge is 0.257 e. The third-order valence-corrected chi connectivity index (χ3v) is 4.22. The fourth-order valence-corrected chi connectivity index (χ4v) is 2.87. The molecule has 5 heteroatoms. The van der Waals surface area contributed by atoms with Crippen molar-refractivity contribution in [3.05, 3.63) is 53.6 Å². The summed E-state index contributed by atoms with van der Waals surface area (Å²) in [6.45, 7) is 3.12. The van der Waals surface area contributed by atoms with Crippen molar-refractivity contribution in [3.8, 4) is 17.2 Å². The largest absolute Gasteiger partial charge is 0.493 e. The highest BCUT2D eigenvalue weighted by molar-refractivity contribution is 5.77. The molecule has 25 heavy (non-hydrogen) atoms. The molecule has 1 unspecified atom stereocenters. The lowest BCUT2D eigenvalue weighted by Gasteiger charge is -2.25. The lowest BCUT2D eigenvalue weighted by Crippen LogP contribution is -2.37. The predicted molar refractivity (Wildman–Crippen MR) is 95.4 cm³/mol. The van der Waals surface area contributed by atoms with Crippen LogP contribution in [0.1, 0.15) is 11.1 Å². The van der Waals surface area contributed by atoms with Crippen molar-refractivity contribution in [2.75, 3.05) is 26.9 Å². The van der Waals surface area contributed by atoms with Gasteiger partial charge in [-0.15, -0.1) is 0 Å². The van der Waals surface area contributed by atoms with Crippen LogP contribution in [0.3, 0.4) is 0 Å². The molecule has 0 saturated carbocycles. The Morgan fingerprint density at radius 1 is 1.24 bits per heavy atom. The number of benzene rings is 2. The molecule has 2 aromatic carbocycles. The number of methoxy groups -OCH3 is 1. The number of carbonyl (C=O) groups excluding carboxylic acids is 1. The summed E-state index contributed by atoms with van der Waals surface area (Å²) in [4.78, 5) is 12.1. The van der Waals surface area contributed by atoms with E-state index in [4.69, 9.17) is 14.2 Å². The number of aryl methyl sites for hydroxylation is 1. The number of hydrogen-bond donors (Lipinski definition) is 1. The van der Waals surface area contributed by atoms with E-state index in [2.05, 4.69) is 11.4 Å². The van der Waals surface area contributed by atoms with Crippen molar-refractivity contribution in [2.24, 2.45) is 5.92 Å². The van der Waals surface area contributed by atoms with E-state index in [-0.39, 0.29) is 18.4 Å². The number of hydrogen-bond acceptors (Lipinski definition) is 4. The Morgan fingerprint density at radius 3 is 2.92 bits per heavy atom. The molecule has 132 valence electrons. The molecule has 0 aliphatic carbocycles. The van der Waals surface area contributed by atoms with E-state index in [1.807, 2.05) is 43.3 Å². The average Bonchev–Trinajstić information content (AvgIpc) is 2.65. The summed E-state index contributed by atoms with van der Waals surface area (Å²) < 4.78 is 16.6. The number of amides is 1. The third-order valence-electron chi connectivity index (χ3n) is 4.22. The standard InChI is InChI=1S/C20H23NO4/c1-14-7-8-18(19(9-14)23-2)25-13-20(22)21-11-15-10-16-5-3-4-6-17(16)24-12-15/h3-9,15H,10-13H2,1-2H3,(H,21,22). The topological polar surface area (TPSA) is 56.8 Å². The van der Waals surface area contributed by atoms with Crippen LogP contribution < -0.4 is 19.5 Å². The fourth-order valence-electron chi connectivity index (χ4n) is 2.87. The van der Waals surface area contributed by atoms with E-state index in [0.717, 1.165) is 17.7 Å². The summed E-state index contributed by atoms with van der Waals surface area (Å²) in [6.07, 6.45) is 0.906. The zero-order chi connectivity index (χ0) is 17.6. The number of rotatable bonds is 6. The second-order valence-corrected chi connectivity index (χ2v) is 6.24. The number of carbonyl (C=O) groups is 1. The van der Waals surface area contributed by atoms with Crippen molar-refractivity contribution in [3.63, 3.8) is 0 Å². The Labute approximate surface area is 147 Å². The number of fused-ring (bicyclic) bond motifs is 1. The van der Waals surface area contributed by atoms with Crippen molar-refractivity contribution in [2.45, 2.75) is 13.3 Å². The van der Waals surface area contributed by atoms with Gasteiger partial charge in [-0.1, -0.05) is 24.3 Å². The first-order valence-corrected chi connectivity index (χ1v) is 8.40. The molecule has 1 aliphatic heterocycles. The lowest BCUT2D eigenvalue weighted by atomic mass is 9.97. The van der Waals surface area contributed by atoms with Gasteiger partial charge in [-0.05, 0) is 42.7 Å². The number of nitrogens with one attached hydrogen (secondary N) is 1. The molecule has 0 fully saturated rings. The zero-order valence-electron chi connectivity index (χ0n) is 14.6. The second kappa shape index (κ2) is 7.92. The first-order valence-electron chi connectivity index (χ1n) is 8.40. The molecule has 0 aromatic heterocycles. The molecular formula is C20H23NO4. The van der Waals surface area contributed by atoms with Crippen LogP contribution in [0.5, 0.6) is 17.2 Å². The molecule has 5 nitrogen and oxygen atoms in total. The maximum atomic E-state index is 12.1. The molecule has 0 spiro atoms. The SMILES string of the molecule is COc1cc(C)ccc1OCC(=O)NCC1COc2ccccc2C1. The second-order valence-electron chi connectivity index (χ2n) is 6.24. The minimum atomic E-state index is -0.151. The number of ether oxygens (including phenoxy) is 3. The maximum absolute atomic E-state index is 12.1. The third kappa shape index (κ3) is 4.44. The maximum Gasteiger partial charge on any atom is 0.257 e. The zero-order valence-corrected chi connectivity index (χ0v) is 14.6. The van der Waals surface area contributed by atoms with Gasteiger partial charge in [0.2, 0.25) is 0 Å². The van der Waals surface area contributed by atoms with Crippen LogP contribution in [0, 0.1) is 12.8 Å². The first-order chi connectivity index (χ1) is 12.2. The summed E-state index contributed by atoms with van der Waals surface area (Å²) in [6, 6.07) is 13.6. The van der Waals surface area contributed by atoms with Crippen LogP contribution in [-0.4, -0.2) is 32.8 Å². The van der Waals surface area contributed by atoms with Crippen molar-refractivity contribution in [1.29, 1.82) is 0 Å². The Kier molecular flexibility index (Phi) is 5.43. The first kappa shape index (κ1) is 17.1. The molecular weight excluding hydrogens is 318 g/mol. The summed E-state index contributed by atoms with van der Waals surface area (Å²) in [5.74, 6) is 2.26. The van der Waals surface area contributed by atoms with Gasteiger partial charge in [-0.25, -0.2) is 0 Å². The van der Waals surface area contributed by atoms with Gasteiger partial charge in [0.15, 0.2) is 18.1 Å². The van der Waals surface area contributed by atoms with Crippen LogP contribution in [0.15, 0.2) is 42.5 Å². The fraction of sp³-hybridized carbons (Fsp3) is 0.350. The van der Waals surface area contributed by atoms with Gasteiger partial charge < -0.3 is 19.5 Å². The van der Waals surface area contributed by atoms with E-state index in [9.17, 15) is 4.79 Å². The highest BCUT2D eigenvalue weighted by Crippen LogP contribution is 2.28. The summed E-state index contributed by atoms with van der Waals surface area (Å²) in [7, 11) is 1.59. The van der Waals surface area contributed by atoms with Crippen LogP contribution in [0.25, 0.3) is 0 Å². The normalized spacial score (nSPS) is 15.7. The quantitative estimate of drug-likeness (QED) is 0.878. The van der Waals surface area contributed by atoms with E-state index in [1.165, 1.54) is 5.56 Å². The molecule has 0 bridgehead atoms. The van der Waals surface area contributed by atoms with Gasteiger partial charge in [-0.3, -0.25) is 4.79 Å². The van der Waals surface area contributed by atoms with Gasteiger partial charge in [-0.2, -0.15) is 0 Å². The predicted octanol–water partition coefficient (Wildman–Crippen LogP) is 2.75. The molecule has 3 rings (SSSR count).